The minimum absolute atomic E-state index is 0.0303. The lowest BCUT2D eigenvalue weighted by atomic mass is 9.93. The number of rotatable bonds is 6. The molecule has 3 unspecified atom stereocenters. The van der Waals surface area contributed by atoms with Crippen molar-refractivity contribution in [2.24, 2.45) is 17.8 Å². The van der Waals surface area contributed by atoms with Gasteiger partial charge in [0.25, 0.3) is 0 Å². The van der Waals surface area contributed by atoms with Crippen molar-refractivity contribution in [3.8, 4) is 0 Å². The second-order valence-electron chi connectivity index (χ2n) is 7.88. The first-order valence-corrected chi connectivity index (χ1v) is 10.3. The third-order valence-corrected chi connectivity index (χ3v) is 6.26. The highest BCUT2D eigenvalue weighted by Gasteiger charge is 2.37. The number of urea groups is 1. The number of hydrogen-bond acceptors (Lipinski definition) is 3. The van der Waals surface area contributed by atoms with Crippen molar-refractivity contribution in [2.45, 2.75) is 12.8 Å². The quantitative estimate of drug-likeness (QED) is 0.754. The van der Waals surface area contributed by atoms with E-state index in [1.54, 1.807) is 6.07 Å². The van der Waals surface area contributed by atoms with E-state index in [4.69, 9.17) is 16.3 Å². The first-order chi connectivity index (χ1) is 13.2. The summed E-state index contributed by atoms with van der Waals surface area (Å²) in [5.41, 5.74) is 0.747. The maximum Gasteiger partial charge on any atom is 0.321 e. The number of halogens is 1. The highest BCUT2D eigenvalue weighted by molar-refractivity contribution is 6.30. The third kappa shape index (κ3) is 4.84. The molecule has 2 fully saturated rings. The third-order valence-electron chi connectivity index (χ3n) is 6.02. The number of anilines is 1. The smallest absolute Gasteiger partial charge is 0.321 e. The molecule has 1 saturated carbocycles. The Balaban J connectivity index is 1.39. The van der Waals surface area contributed by atoms with Gasteiger partial charge in [0.2, 0.25) is 0 Å². The molecule has 2 bridgehead atoms. The largest absolute Gasteiger partial charge is 0.379 e. The predicted molar refractivity (Wildman–Crippen MR) is 108 cm³/mol. The second-order valence-corrected chi connectivity index (χ2v) is 8.32. The Morgan fingerprint density at radius 2 is 2.11 bits per heavy atom. The van der Waals surface area contributed by atoms with Gasteiger partial charge in [-0.2, -0.15) is 0 Å². The first-order valence-electron chi connectivity index (χ1n) is 9.97. The van der Waals surface area contributed by atoms with E-state index in [-0.39, 0.29) is 6.03 Å². The van der Waals surface area contributed by atoms with Crippen LogP contribution in [-0.2, 0) is 4.74 Å². The fourth-order valence-corrected chi connectivity index (χ4v) is 4.71. The molecule has 1 aliphatic heterocycles. The summed E-state index contributed by atoms with van der Waals surface area (Å²) in [5, 5.41) is 3.66. The molecule has 1 N–H and O–H groups in total. The Labute approximate surface area is 166 Å². The van der Waals surface area contributed by atoms with Crippen LogP contribution in [0.1, 0.15) is 12.8 Å². The van der Waals surface area contributed by atoms with E-state index < -0.39 is 0 Å². The molecular weight excluding hydrogens is 362 g/mol. The van der Waals surface area contributed by atoms with E-state index in [0.717, 1.165) is 57.5 Å². The van der Waals surface area contributed by atoms with Crippen LogP contribution < -0.4 is 5.32 Å². The van der Waals surface area contributed by atoms with E-state index in [1.165, 1.54) is 12.8 Å². The van der Waals surface area contributed by atoms with Gasteiger partial charge in [-0.25, -0.2) is 4.79 Å². The summed E-state index contributed by atoms with van der Waals surface area (Å²) in [6.07, 6.45) is 7.18. The van der Waals surface area contributed by atoms with Crippen molar-refractivity contribution in [2.75, 3.05) is 51.3 Å². The molecule has 1 aromatic carbocycles. The second kappa shape index (κ2) is 8.63. The minimum Gasteiger partial charge on any atom is -0.379 e. The maximum atomic E-state index is 13.0. The van der Waals surface area contributed by atoms with Gasteiger partial charge in [0.05, 0.1) is 13.2 Å². The molecule has 3 atom stereocenters. The Morgan fingerprint density at radius 1 is 1.26 bits per heavy atom. The lowest BCUT2D eigenvalue weighted by molar-refractivity contribution is 0.0345. The maximum absolute atomic E-state index is 13.0. The van der Waals surface area contributed by atoms with Gasteiger partial charge in [0.1, 0.15) is 0 Å². The number of amides is 2. The van der Waals surface area contributed by atoms with E-state index in [0.29, 0.717) is 16.9 Å². The van der Waals surface area contributed by atoms with Gasteiger partial charge in [-0.1, -0.05) is 29.8 Å². The molecule has 5 nitrogen and oxygen atoms in total. The zero-order valence-corrected chi connectivity index (χ0v) is 16.4. The summed E-state index contributed by atoms with van der Waals surface area (Å²) in [6, 6.07) is 7.31. The molecule has 1 heterocycles. The Morgan fingerprint density at radius 3 is 2.81 bits per heavy atom. The number of allylic oxidation sites excluding steroid dienone is 2. The minimum atomic E-state index is -0.0303. The summed E-state index contributed by atoms with van der Waals surface area (Å²) >= 11 is 6.06. The van der Waals surface area contributed by atoms with Crippen LogP contribution >= 0.6 is 11.6 Å². The van der Waals surface area contributed by atoms with Crippen LogP contribution in [0.3, 0.4) is 0 Å². The summed E-state index contributed by atoms with van der Waals surface area (Å²) in [4.78, 5) is 17.4. The number of fused-ring (bicyclic) bond motifs is 2. The molecule has 2 amide bonds. The van der Waals surface area contributed by atoms with Crippen molar-refractivity contribution in [3.63, 3.8) is 0 Å². The van der Waals surface area contributed by atoms with Crippen LogP contribution in [0.4, 0.5) is 10.5 Å². The summed E-state index contributed by atoms with van der Waals surface area (Å²) in [5.74, 6) is 1.94. The zero-order chi connectivity index (χ0) is 18.6. The van der Waals surface area contributed by atoms with Crippen LogP contribution in [0.25, 0.3) is 0 Å². The number of nitrogens with zero attached hydrogens (tertiary/aromatic N) is 2. The molecule has 1 aromatic rings. The SMILES string of the molecule is O=C(Nc1cccc(Cl)c1)N(CCN1CCOCC1)CC1CC2C=CC1C2. The lowest BCUT2D eigenvalue weighted by Gasteiger charge is -2.32. The number of benzene rings is 1. The van der Waals surface area contributed by atoms with E-state index in [9.17, 15) is 4.79 Å². The van der Waals surface area contributed by atoms with Gasteiger partial charge >= 0.3 is 6.03 Å². The van der Waals surface area contributed by atoms with Gasteiger partial charge < -0.3 is 15.0 Å². The van der Waals surface area contributed by atoms with Gasteiger partial charge in [-0.15, -0.1) is 0 Å². The highest BCUT2D eigenvalue weighted by atomic mass is 35.5. The van der Waals surface area contributed by atoms with Gasteiger partial charge in [0, 0.05) is 43.4 Å². The van der Waals surface area contributed by atoms with Gasteiger partial charge in [-0.05, 0) is 48.8 Å². The normalized spacial score (nSPS) is 27.1. The highest BCUT2D eigenvalue weighted by Crippen LogP contribution is 2.43. The fraction of sp³-hybridized carbons (Fsp3) is 0.571. The van der Waals surface area contributed by atoms with Gasteiger partial charge in [0.15, 0.2) is 0 Å². The van der Waals surface area contributed by atoms with Crippen molar-refractivity contribution in [3.05, 3.63) is 41.4 Å². The van der Waals surface area contributed by atoms with Crippen LogP contribution in [-0.4, -0.2) is 61.8 Å². The lowest BCUT2D eigenvalue weighted by Crippen LogP contribution is -2.46. The van der Waals surface area contributed by atoms with Crippen LogP contribution in [0.5, 0.6) is 0 Å². The molecule has 0 radical (unpaired) electrons. The molecule has 0 spiro atoms. The van der Waals surface area contributed by atoms with Crippen LogP contribution in [0.15, 0.2) is 36.4 Å². The number of carbonyl (C=O) groups excluding carboxylic acids is 1. The Kier molecular flexibility index (Phi) is 6.01. The van der Waals surface area contributed by atoms with Crippen molar-refractivity contribution in [1.82, 2.24) is 9.80 Å². The van der Waals surface area contributed by atoms with E-state index in [2.05, 4.69) is 22.4 Å². The molecule has 146 valence electrons. The molecule has 27 heavy (non-hydrogen) atoms. The Bertz CT molecular complexity index is 690. The molecule has 6 heteroatoms. The molecule has 2 aliphatic carbocycles. The monoisotopic (exact) mass is 389 g/mol. The standard InChI is InChI=1S/C21H28ClN3O2/c22-19-2-1-3-20(14-19)23-21(26)25(7-6-24-8-10-27-11-9-24)15-18-13-16-4-5-17(18)12-16/h1-5,14,16-18H,6-13,15H2,(H,23,26). The number of carbonyl (C=O) groups is 1. The summed E-state index contributed by atoms with van der Waals surface area (Å²) in [6.45, 7) is 5.91. The topological polar surface area (TPSA) is 44.8 Å². The van der Waals surface area contributed by atoms with E-state index >= 15 is 0 Å². The zero-order valence-electron chi connectivity index (χ0n) is 15.6. The average Bonchev–Trinajstić information content (AvgIpc) is 3.29. The Hall–Kier alpha value is -1.56. The number of ether oxygens (including phenoxy) is 1. The van der Waals surface area contributed by atoms with Crippen LogP contribution in [0, 0.1) is 17.8 Å². The molecule has 0 aromatic heterocycles. The molecule has 1 saturated heterocycles. The van der Waals surface area contributed by atoms with Crippen molar-refractivity contribution in [1.29, 1.82) is 0 Å². The average molecular weight is 390 g/mol. The van der Waals surface area contributed by atoms with Crippen molar-refractivity contribution >= 4 is 23.3 Å². The van der Waals surface area contributed by atoms with E-state index in [1.807, 2.05) is 23.1 Å². The number of hydrogen-bond donors (Lipinski definition) is 1. The fourth-order valence-electron chi connectivity index (χ4n) is 4.52. The van der Waals surface area contributed by atoms with Crippen molar-refractivity contribution < 1.29 is 9.53 Å². The summed E-state index contributed by atoms with van der Waals surface area (Å²) < 4.78 is 5.43. The molecule has 3 aliphatic rings. The number of nitrogens with one attached hydrogen (secondary N) is 1. The molecular formula is C21H28ClN3O2. The summed E-state index contributed by atoms with van der Waals surface area (Å²) in [7, 11) is 0. The predicted octanol–water partition coefficient (Wildman–Crippen LogP) is 3.72. The van der Waals surface area contributed by atoms with Gasteiger partial charge in [-0.3, -0.25) is 4.90 Å². The number of morpholine rings is 1. The molecule has 4 rings (SSSR count). The van der Waals surface area contributed by atoms with Crippen LogP contribution in [0.2, 0.25) is 5.02 Å². The first kappa shape index (κ1) is 18.8.